The summed E-state index contributed by atoms with van der Waals surface area (Å²) in [6.07, 6.45) is 8.66. The van der Waals surface area contributed by atoms with Crippen molar-refractivity contribution in [3.05, 3.63) is 65.2 Å². The lowest BCUT2D eigenvalue weighted by Gasteiger charge is -2.29. The molecule has 0 bridgehead atoms. The molecular formula is C23H28F2O. The van der Waals surface area contributed by atoms with Crippen LogP contribution in [0.5, 0.6) is 5.75 Å². The molecule has 0 saturated heterocycles. The topological polar surface area (TPSA) is 9.23 Å². The lowest BCUT2D eigenvalue weighted by molar-refractivity contribution is 0.296. The third kappa shape index (κ3) is 5.30. The van der Waals surface area contributed by atoms with E-state index in [9.17, 15) is 8.78 Å². The van der Waals surface area contributed by atoms with Crippen molar-refractivity contribution in [2.75, 3.05) is 0 Å². The SMILES string of the molecule is CCCCC1CCC(c2cc(F)cc(OCc3ccc(F)cc3)c2)CC1. The van der Waals surface area contributed by atoms with Gasteiger partial charge in [0.25, 0.3) is 0 Å². The molecule has 1 aliphatic carbocycles. The summed E-state index contributed by atoms with van der Waals surface area (Å²) >= 11 is 0. The summed E-state index contributed by atoms with van der Waals surface area (Å²) in [7, 11) is 0. The van der Waals surface area contributed by atoms with Crippen molar-refractivity contribution >= 4 is 0 Å². The van der Waals surface area contributed by atoms with E-state index in [2.05, 4.69) is 6.92 Å². The molecule has 0 atom stereocenters. The van der Waals surface area contributed by atoms with Gasteiger partial charge in [-0.2, -0.15) is 0 Å². The predicted molar refractivity (Wildman–Crippen MR) is 101 cm³/mol. The normalized spacial score (nSPS) is 20.1. The van der Waals surface area contributed by atoms with Gasteiger partial charge >= 0.3 is 0 Å². The molecule has 0 amide bonds. The Morgan fingerprint density at radius 2 is 1.65 bits per heavy atom. The molecule has 2 aromatic carbocycles. The first-order valence-electron chi connectivity index (χ1n) is 9.81. The van der Waals surface area contributed by atoms with Gasteiger partial charge in [-0.25, -0.2) is 8.78 Å². The second kappa shape index (κ2) is 9.16. The van der Waals surface area contributed by atoms with E-state index in [4.69, 9.17) is 4.74 Å². The van der Waals surface area contributed by atoms with E-state index >= 15 is 0 Å². The highest BCUT2D eigenvalue weighted by molar-refractivity contribution is 5.32. The van der Waals surface area contributed by atoms with E-state index < -0.39 is 0 Å². The van der Waals surface area contributed by atoms with Gasteiger partial charge in [0.2, 0.25) is 0 Å². The molecule has 3 heteroatoms. The minimum absolute atomic E-state index is 0.246. The molecule has 0 aliphatic heterocycles. The van der Waals surface area contributed by atoms with E-state index in [1.165, 1.54) is 50.3 Å². The maximum Gasteiger partial charge on any atom is 0.127 e. The Labute approximate surface area is 155 Å². The quantitative estimate of drug-likeness (QED) is 0.517. The molecule has 1 nitrogen and oxygen atoms in total. The zero-order chi connectivity index (χ0) is 18.4. The Bertz CT molecular complexity index is 688. The van der Waals surface area contributed by atoms with Gasteiger partial charge in [-0.15, -0.1) is 0 Å². The minimum atomic E-state index is -0.267. The van der Waals surface area contributed by atoms with E-state index in [1.807, 2.05) is 6.07 Å². The van der Waals surface area contributed by atoms with Crippen LogP contribution < -0.4 is 4.74 Å². The van der Waals surface area contributed by atoms with Crippen LogP contribution in [0.4, 0.5) is 8.78 Å². The lowest BCUT2D eigenvalue weighted by Crippen LogP contribution is -2.13. The molecule has 1 aliphatic rings. The summed E-state index contributed by atoms with van der Waals surface area (Å²) in [5.41, 5.74) is 1.92. The largest absolute Gasteiger partial charge is 0.489 e. The highest BCUT2D eigenvalue weighted by Crippen LogP contribution is 2.38. The zero-order valence-electron chi connectivity index (χ0n) is 15.5. The molecule has 0 heterocycles. The molecule has 0 unspecified atom stereocenters. The Balaban J connectivity index is 1.60. The van der Waals surface area contributed by atoms with Crippen LogP contribution in [0.3, 0.4) is 0 Å². The van der Waals surface area contributed by atoms with Crippen molar-refractivity contribution in [3.8, 4) is 5.75 Å². The third-order valence-electron chi connectivity index (χ3n) is 5.50. The van der Waals surface area contributed by atoms with Crippen molar-refractivity contribution in [1.29, 1.82) is 0 Å². The van der Waals surface area contributed by atoms with Crippen LogP contribution >= 0.6 is 0 Å². The minimum Gasteiger partial charge on any atom is -0.489 e. The highest BCUT2D eigenvalue weighted by Gasteiger charge is 2.22. The standard InChI is InChI=1S/C23H28F2O/c1-2-3-4-17-5-9-19(10-6-17)20-13-22(25)15-23(14-20)26-16-18-7-11-21(24)12-8-18/h7-8,11-15,17,19H,2-6,9-10,16H2,1H3. The molecule has 1 fully saturated rings. The number of hydrogen-bond donors (Lipinski definition) is 0. The summed E-state index contributed by atoms with van der Waals surface area (Å²) < 4.78 is 32.8. The number of benzene rings is 2. The van der Waals surface area contributed by atoms with Crippen molar-refractivity contribution in [1.82, 2.24) is 0 Å². The van der Waals surface area contributed by atoms with Crippen LogP contribution in [-0.2, 0) is 6.61 Å². The highest BCUT2D eigenvalue weighted by atomic mass is 19.1. The fourth-order valence-corrected chi connectivity index (χ4v) is 3.93. The molecule has 26 heavy (non-hydrogen) atoms. The molecule has 0 aromatic heterocycles. The van der Waals surface area contributed by atoms with Crippen molar-refractivity contribution in [2.45, 2.75) is 64.4 Å². The molecule has 0 spiro atoms. The van der Waals surface area contributed by atoms with Gasteiger partial charge in [-0.1, -0.05) is 38.3 Å². The molecular weight excluding hydrogens is 330 g/mol. The molecule has 140 valence electrons. The summed E-state index contributed by atoms with van der Waals surface area (Å²) in [4.78, 5) is 0. The third-order valence-corrected chi connectivity index (χ3v) is 5.50. The Morgan fingerprint density at radius 1 is 0.923 bits per heavy atom. The van der Waals surface area contributed by atoms with Gasteiger partial charge in [0.1, 0.15) is 24.0 Å². The monoisotopic (exact) mass is 358 g/mol. The summed E-state index contributed by atoms with van der Waals surface area (Å²) in [5, 5.41) is 0. The lowest BCUT2D eigenvalue weighted by atomic mass is 9.77. The van der Waals surface area contributed by atoms with Gasteiger partial charge in [0.05, 0.1) is 0 Å². The van der Waals surface area contributed by atoms with Crippen molar-refractivity contribution < 1.29 is 13.5 Å². The second-order valence-electron chi connectivity index (χ2n) is 7.50. The summed E-state index contributed by atoms with van der Waals surface area (Å²) in [6.45, 7) is 2.55. The number of halogens is 2. The first kappa shape index (κ1) is 18.9. The molecule has 1 saturated carbocycles. The van der Waals surface area contributed by atoms with Crippen LogP contribution in [0.1, 0.15) is 68.9 Å². The maximum atomic E-state index is 14.1. The first-order valence-corrected chi connectivity index (χ1v) is 9.81. The van der Waals surface area contributed by atoms with Gasteiger partial charge in [-0.05, 0) is 72.9 Å². The Kier molecular flexibility index (Phi) is 6.65. The summed E-state index contributed by atoms with van der Waals surface area (Å²) in [5.74, 6) is 1.31. The average Bonchev–Trinajstić information content (AvgIpc) is 2.66. The Morgan fingerprint density at radius 3 is 2.35 bits per heavy atom. The molecule has 0 N–H and O–H groups in total. The zero-order valence-corrected chi connectivity index (χ0v) is 15.5. The maximum absolute atomic E-state index is 14.1. The smallest absolute Gasteiger partial charge is 0.127 e. The van der Waals surface area contributed by atoms with E-state index in [0.717, 1.165) is 29.9 Å². The average molecular weight is 358 g/mol. The van der Waals surface area contributed by atoms with Crippen LogP contribution in [0.2, 0.25) is 0 Å². The van der Waals surface area contributed by atoms with E-state index in [0.29, 0.717) is 18.3 Å². The number of unbranched alkanes of at least 4 members (excludes halogenated alkanes) is 1. The van der Waals surface area contributed by atoms with Crippen LogP contribution in [0.25, 0.3) is 0 Å². The van der Waals surface area contributed by atoms with Crippen molar-refractivity contribution in [2.24, 2.45) is 5.92 Å². The predicted octanol–water partition coefficient (Wildman–Crippen LogP) is 7.01. The second-order valence-corrected chi connectivity index (χ2v) is 7.50. The number of hydrogen-bond acceptors (Lipinski definition) is 1. The van der Waals surface area contributed by atoms with Crippen LogP contribution in [-0.4, -0.2) is 0 Å². The molecule has 2 aromatic rings. The molecule has 0 radical (unpaired) electrons. The fraction of sp³-hybridized carbons (Fsp3) is 0.478. The summed E-state index contributed by atoms with van der Waals surface area (Å²) in [6, 6.07) is 11.3. The van der Waals surface area contributed by atoms with Crippen LogP contribution in [0, 0.1) is 17.6 Å². The van der Waals surface area contributed by atoms with Gasteiger partial charge < -0.3 is 4.74 Å². The van der Waals surface area contributed by atoms with Gasteiger partial charge in [0.15, 0.2) is 0 Å². The van der Waals surface area contributed by atoms with Gasteiger partial charge in [0, 0.05) is 6.07 Å². The van der Waals surface area contributed by atoms with E-state index in [-0.39, 0.29) is 11.6 Å². The van der Waals surface area contributed by atoms with E-state index in [1.54, 1.807) is 18.2 Å². The van der Waals surface area contributed by atoms with Crippen LogP contribution in [0.15, 0.2) is 42.5 Å². The Hall–Kier alpha value is -1.90. The molecule has 3 rings (SSSR count). The first-order chi connectivity index (χ1) is 12.6. The number of ether oxygens (including phenoxy) is 1. The van der Waals surface area contributed by atoms with Crippen molar-refractivity contribution in [3.63, 3.8) is 0 Å². The fourth-order valence-electron chi connectivity index (χ4n) is 3.93. The van der Waals surface area contributed by atoms with Gasteiger partial charge in [-0.3, -0.25) is 0 Å². The number of rotatable bonds is 7.